The maximum atomic E-state index is 11.8. The summed E-state index contributed by atoms with van der Waals surface area (Å²) in [7, 11) is 0. The zero-order valence-electron chi connectivity index (χ0n) is 19.7. The van der Waals surface area contributed by atoms with Crippen molar-refractivity contribution >= 4 is 11.9 Å². The molecule has 1 aromatic heterocycles. The largest absolute Gasteiger partial charge is 0.490 e. The third-order valence-electron chi connectivity index (χ3n) is 5.66. The van der Waals surface area contributed by atoms with E-state index in [1.807, 2.05) is 48.4 Å². The van der Waals surface area contributed by atoms with Gasteiger partial charge in [0.2, 0.25) is 5.91 Å². The standard InChI is InChI=1S/C25H26N2O2.C2HF3O2/c1-2-25(28)27-16-14-23(15-17-27)29-22-11-8-19(9-12-22)21-10-13-24(26-18-21)20-6-4-3-5-7-20;3-2(4,5)1(6)7/h3-13,18,23H,2,14-17H2,1H3;(H,6,7). The lowest BCUT2D eigenvalue weighted by atomic mass is 10.1. The van der Waals surface area contributed by atoms with E-state index in [9.17, 15) is 18.0 Å². The number of carbonyl (C=O) groups is 2. The molecular weight excluding hydrogens is 473 g/mol. The highest BCUT2D eigenvalue weighted by molar-refractivity contribution is 5.76. The summed E-state index contributed by atoms with van der Waals surface area (Å²) < 4.78 is 37.9. The van der Waals surface area contributed by atoms with Gasteiger partial charge in [-0.05, 0) is 23.8 Å². The van der Waals surface area contributed by atoms with Crippen molar-refractivity contribution in [2.24, 2.45) is 0 Å². The minimum absolute atomic E-state index is 0.175. The van der Waals surface area contributed by atoms with Crippen LogP contribution in [0, 0.1) is 0 Å². The van der Waals surface area contributed by atoms with Gasteiger partial charge in [-0.2, -0.15) is 13.2 Å². The average Bonchev–Trinajstić information content (AvgIpc) is 2.89. The normalized spacial score (nSPS) is 13.9. The van der Waals surface area contributed by atoms with Gasteiger partial charge < -0.3 is 14.7 Å². The maximum absolute atomic E-state index is 11.8. The minimum Gasteiger partial charge on any atom is -0.490 e. The molecular formula is C27H27F3N2O4. The van der Waals surface area contributed by atoms with Gasteiger partial charge in [0.1, 0.15) is 11.9 Å². The Morgan fingerprint density at radius 1 is 0.944 bits per heavy atom. The number of alkyl halides is 3. The van der Waals surface area contributed by atoms with Crippen molar-refractivity contribution in [1.29, 1.82) is 0 Å². The summed E-state index contributed by atoms with van der Waals surface area (Å²) in [6.45, 7) is 3.49. The molecule has 190 valence electrons. The number of ether oxygens (including phenoxy) is 1. The molecule has 1 amide bonds. The highest BCUT2D eigenvalue weighted by atomic mass is 19.4. The first-order valence-electron chi connectivity index (χ1n) is 11.5. The van der Waals surface area contributed by atoms with Crippen molar-refractivity contribution in [2.45, 2.75) is 38.5 Å². The Morgan fingerprint density at radius 3 is 2.03 bits per heavy atom. The quantitative estimate of drug-likeness (QED) is 0.477. The van der Waals surface area contributed by atoms with Crippen LogP contribution in [0.3, 0.4) is 0 Å². The van der Waals surface area contributed by atoms with Crippen LogP contribution in [0.4, 0.5) is 13.2 Å². The van der Waals surface area contributed by atoms with Gasteiger partial charge in [0.05, 0.1) is 5.69 Å². The van der Waals surface area contributed by atoms with Crippen molar-refractivity contribution in [3.63, 3.8) is 0 Å². The number of benzene rings is 2. The number of likely N-dealkylation sites (tertiary alicyclic amines) is 1. The van der Waals surface area contributed by atoms with Crippen LogP contribution in [0.2, 0.25) is 0 Å². The van der Waals surface area contributed by atoms with Crippen LogP contribution in [-0.2, 0) is 9.59 Å². The minimum atomic E-state index is -5.08. The lowest BCUT2D eigenvalue weighted by Gasteiger charge is -2.32. The number of carbonyl (C=O) groups excluding carboxylic acids is 1. The number of amides is 1. The van der Waals surface area contributed by atoms with E-state index in [-0.39, 0.29) is 12.0 Å². The number of pyridine rings is 1. The van der Waals surface area contributed by atoms with Crippen LogP contribution < -0.4 is 4.74 Å². The molecule has 3 aromatic rings. The Bertz CT molecular complexity index is 1130. The molecule has 0 atom stereocenters. The highest BCUT2D eigenvalue weighted by Crippen LogP contribution is 2.26. The number of halogens is 3. The molecule has 4 rings (SSSR count). The fraction of sp³-hybridized carbons (Fsp3) is 0.296. The van der Waals surface area contributed by atoms with Gasteiger partial charge in [-0.25, -0.2) is 4.79 Å². The Kier molecular flexibility index (Phi) is 9.05. The number of aliphatic carboxylic acids is 1. The first-order valence-corrected chi connectivity index (χ1v) is 11.5. The molecule has 1 N–H and O–H groups in total. The molecule has 0 bridgehead atoms. The molecule has 2 heterocycles. The molecule has 0 aliphatic carbocycles. The zero-order chi connectivity index (χ0) is 26.1. The first-order chi connectivity index (χ1) is 17.2. The zero-order valence-corrected chi connectivity index (χ0v) is 19.7. The molecule has 0 spiro atoms. The number of carboxylic acids is 1. The maximum Gasteiger partial charge on any atom is 0.490 e. The molecule has 1 aliphatic rings. The van der Waals surface area contributed by atoms with E-state index in [0.717, 1.165) is 54.1 Å². The number of rotatable bonds is 5. The van der Waals surface area contributed by atoms with Crippen molar-refractivity contribution in [1.82, 2.24) is 9.88 Å². The van der Waals surface area contributed by atoms with Crippen LogP contribution >= 0.6 is 0 Å². The fourth-order valence-corrected chi connectivity index (χ4v) is 3.71. The molecule has 36 heavy (non-hydrogen) atoms. The van der Waals surface area contributed by atoms with E-state index in [0.29, 0.717) is 6.42 Å². The van der Waals surface area contributed by atoms with Gasteiger partial charge >= 0.3 is 12.1 Å². The van der Waals surface area contributed by atoms with Gasteiger partial charge in [-0.1, -0.05) is 55.5 Å². The van der Waals surface area contributed by atoms with E-state index in [2.05, 4.69) is 41.4 Å². The van der Waals surface area contributed by atoms with Crippen LogP contribution in [-0.4, -0.2) is 52.2 Å². The monoisotopic (exact) mass is 500 g/mol. The molecule has 9 heteroatoms. The number of nitrogens with zero attached hydrogens (tertiary/aromatic N) is 2. The van der Waals surface area contributed by atoms with E-state index < -0.39 is 12.1 Å². The third kappa shape index (κ3) is 7.56. The first kappa shape index (κ1) is 26.7. The number of piperidine rings is 1. The van der Waals surface area contributed by atoms with Crippen LogP contribution in [0.25, 0.3) is 22.4 Å². The lowest BCUT2D eigenvalue weighted by molar-refractivity contribution is -0.192. The van der Waals surface area contributed by atoms with Gasteiger partial charge in [0.25, 0.3) is 0 Å². The van der Waals surface area contributed by atoms with Gasteiger partial charge in [0, 0.05) is 49.7 Å². The van der Waals surface area contributed by atoms with Crippen molar-refractivity contribution in [2.75, 3.05) is 13.1 Å². The van der Waals surface area contributed by atoms with Gasteiger partial charge in [0.15, 0.2) is 0 Å². The molecule has 1 fully saturated rings. The Morgan fingerprint density at radius 2 is 1.53 bits per heavy atom. The van der Waals surface area contributed by atoms with Crippen molar-refractivity contribution < 1.29 is 32.6 Å². The van der Waals surface area contributed by atoms with Crippen LogP contribution in [0.1, 0.15) is 26.2 Å². The number of hydrogen-bond acceptors (Lipinski definition) is 4. The van der Waals surface area contributed by atoms with E-state index >= 15 is 0 Å². The average molecular weight is 501 g/mol. The summed E-state index contributed by atoms with van der Waals surface area (Å²) in [5.41, 5.74) is 4.30. The molecule has 6 nitrogen and oxygen atoms in total. The molecule has 2 aromatic carbocycles. The second-order valence-electron chi connectivity index (χ2n) is 8.18. The summed E-state index contributed by atoms with van der Waals surface area (Å²) in [4.78, 5) is 27.2. The summed E-state index contributed by atoms with van der Waals surface area (Å²) in [5.74, 6) is -1.64. The second-order valence-corrected chi connectivity index (χ2v) is 8.18. The number of hydrogen-bond donors (Lipinski definition) is 1. The summed E-state index contributed by atoms with van der Waals surface area (Å²) in [6, 6.07) is 22.5. The van der Waals surface area contributed by atoms with Crippen molar-refractivity contribution in [3.05, 3.63) is 72.9 Å². The van der Waals surface area contributed by atoms with Crippen molar-refractivity contribution in [3.8, 4) is 28.1 Å². The predicted octanol–water partition coefficient (Wildman–Crippen LogP) is 5.83. The molecule has 1 saturated heterocycles. The lowest BCUT2D eigenvalue weighted by Crippen LogP contribution is -2.41. The molecule has 0 saturated carbocycles. The van der Waals surface area contributed by atoms with Gasteiger partial charge in [-0.15, -0.1) is 0 Å². The fourth-order valence-electron chi connectivity index (χ4n) is 3.71. The Balaban J connectivity index is 0.000000454. The molecule has 0 radical (unpaired) electrons. The van der Waals surface area contributed by atoms with E-state index in [1.165, 1.54) is 0 Å². The molecule has 1 aliphatic heterocycles. The van der Waals surface area contributed by atoms with Gasteiger partial charge in [-0.3, -0.25) is 9.78 Å². The summed E-state index contributed by atoms with van der Waals surface area (Å²) >= 11 is 0. The predicted molar refractivity (Wildman–Crippen MR) is 129 cm³/mol. The van der Waals surface area contributed by atoms with Crippen LogP contribution in [0.5, 0.6) is 5.75 Å². The second kappa shape index (κ2) is 12.2. The topological polar surface area (TPSA) is 79.7 Å². The SMILES string of the molecule is CCC(=O)N1CCC(Oc2ccc(-c3ccc(-c4ccccc4)nc3)cc2)CC1.O=C(O)C(F)(F)F. The number of carboxylic acid groups (broad SMARTS) is 1. The Labute approximate surface area is 207 Å². The van der Waals surface area contributed by atoms with E-state index in [4.69, 9.17) is 14.6 Å². The summed E-state index contributed by atoms with van der Waals surface area (Å²) in [5, 5.41) is 7.12. The Hall–Kier alpha value is -3.88. The summed E-state index contributed by atoms with van der Waals surface area (Å²) in [6.07, 6.45) is -0.641. The third-order valence-corrected chi connectivity index (χ3v) is 5.66. The molecule has 0 unspecified atom stereocenters. The number of aromatic nitrogens is 1. The van der Waals surface area contributed by atoms with E-state index in [1.54, 1.807) is 0 Å². The highest BCUT2D eigenvalue weighted by Gasteiger charge is 2.38. The smallest absolute Gasteiger partial charge is 0.490 e. The van der Waals surface area contributed by atoms with Crippen LogP contribution in [0.15, 0.2) is 72.9 Å².